The summed E-state index contributed by atoms with van der Waals surface area (Å²) >= 11 is 0. The van der Waals surface area contributed by atoms with Crippen molar-refractivity contribution in [2.24, 2.45) is 0 Å². The number of aliphatic carboxylic acids is 1. The molecule has 56 atom stereocenters. The lowest BCUT2D eigenvalue weighted by Gasteiger charge is -2.51. The molecule has 11 aliphatic rings. The fourth-order valence-corrected chi connectivity index (χ4v) is 18.3. The number of carboxylic acids is 1. The standard InChI is InChI=1S/C79H131N5O58/c1-18-40(99)51(110)56(115)72(125-18)122-15-32-44(103)52(111)57(116)73(132-32)136-61-29(12-89)130-70(38(49(61)108)83-22(5)95)140-66-54(113)42(101)26(9-86)127-76(66)123-16-33-46(105)65(59(118)75(133-33)138-63-31(14-91)129-69(37(48(63)107)82-21(4)94)135-60-28(11-88)126-68(119)36(47(60)106)81-20(3)93)139-77-67(55(114)43(102)27(10-87)128-77)141-71-39(84-23(6)96)50(109)62(30(13-90)131-71)137-74-58(117)53(112)45(104)34(134-74)17-124-79(78(120)121)7-24(97)35(80-19(2)92)64(142-79)41(100)25(98)8-85/h18,24-77,85-91,97-119H,7-17H2,1-6H3,(H,80,92)(H,81,93)(H,82,94)(H,83,95)(H,84,96)(H,120,121)/t18-,24-,25+,26+,27+,28+,29+,30+,31+,32+,33+,34+,35+,36+,37+,38+,39+,40+,41+,42+,43+,44-,45-,46+,47+,48+,49+,50+,51+,52-,53-,54-,55-,56-,57+,58+,59-,60+,61+,62+,63+,64+,65-,66-,67-,68+,69-,70-,71-,72+,73-,74-,75-,76-,77+,79+/m0/s1. The van der Waals surface area contributed by atoms with E-state index in [2.05, 4.69) is 26.6 Å². The van der Waals surface area contributed by atoms with Gasteiger partial charge in [0, 0.05) is 41.0 Å². The molecule has 5 amide bonds. The highest BCUT2D eigenvalue weighted by molar-refractivity contribution is 5.77. The zero-order valence-corrected chi connectivity index (χ0v) is 76.4. The minimum Gasteiger partial charge on any atom is -0.477 e. The summed E-state index contributed by atoms with van der Waals surface area (Å²) in [6.07, 6.45) is -109. The Balaban J connectivity index is 0.887. The average molecular weight is 2080 g/mol. The Morgan fingerprint density at radius 2 is 0.613 bits per heavy atom. The first-order chi connectivity index (χ1) is 66.9. The summed E-state index contributed by atoms with van der Waals surface area (Å²) in [6, 6.07) is -9.57. The first kappa shape index (κ1) is 117. The molecule has 0 radical (unpaired) electrons. The van der Waals surface area contributed by atoms with Gasteiger partial charge in [-0.15, -0.1) is 0 Å². The predicted octanol–water partition coefficient (Wildman–Crippen LogP) is -24.0. The highest BCUT2D eigenvalue weighted by Gasteiger charge is 2.64. The normalized spacial score (nSPS) is 48.0. The van der Waals surface area contributed by atoms with Gasteiger partial charge < -0.3 is 284 Å². The van der Waals surface area contributed by atoms with E-state index in [0.29, 0.717) is 0 Å². The number of aliphatic hydroxyl groups excluding tert-OH is 30. The molecule has 11 heterocycles. The van der Waals surface area contributed by atoms with E-state index in [1.807, 2.05) is 0 Å². The number of hydrogen-bond donors (Lipinski definition) is 36. The van der Waals surface area contributed by atoms with Gasteiger partial charge in [0.05, 0.1) is 84.3 Å². The molecule has 63 heteroatoms. The van der Waals surface area contributed by atoms with Crippen LogP contribution in [0.15, 0.2) is 0 Å². The van der Waals surface area contributed by atoms with Crippen molar-refractivity contribution in [1.29, 1.82) is 0 Å². The van der Waals surface area contributed by atoms with Crippen molar-refractivity contribution in [2.45, 2.75) is 391 Å². The minimum atomic E-state index is -3.12. The minimum absolute atomic E-state index is 0.823. The summed E-state index contributed by atoms with van der Waals surface area (Å²) in [5.41, 5.74) is 0. The van der Waals surface area contributed by atoms with Gasteiger partial charge in [0.25, 0.3) is 5.79 Å². The van der Waals surface area contributed by atoms with Gasteiger partial charge in [0.1, 0.15) is 256 Å². The van der Waals surface area contributed by atoms with E-state index < -0.39 is 451 Å². The number of carboxylic acid groups (broad SMARTS) is 1. The molecule has 0 aromatic heterocycles. The quantitative estimate of drug-likeness (QED) is 0.0273. The first-order valence-corrected chi connectivity index (χ1v) is 45.1. The summed E-state index contributed by atoms with van der Waals surface area (Å²) in [7, 11) is 0. The average Bonchev–Trinajstić information content (AvgIpc) is 0.762. The molecule has 63 nitrogen and oxygen atoms in total. The molecule has 0 spiro atoms. The van der Waals surface area contributed by atoms with Crippen molar-refractivity contribution in [2.75, 3.05) is 66.1 Å². The summed E-state index contributed by atoms with van der Waals surface area (Å²) in [5.74, 6) is -9.94. The van der Waals surface area contributed by atoms with E-state index in [9.17, 15) is 187 Å². The lowest BCUT2D eigenvalue weighted by molar-refractivity contribution is -0.399. The smallest absolute Gasteiger partial charge is 0.364 e. The van der Waals surface area contributed by atoms with E-state index in [-0.39, 0.29) is 0 Å². The number of hydrogen-bond acceptors (Lipinski definition) is 57. The molecule has 0 saturated carbocycles. The number of nitrogens with one attached hydrogen (secondary N) is 5. The van der Waals surface area contributed by atoms with Crippen molar-refractivity contribution in [1.82, 2.24) is 26.6 Å². The zero-order valence-electron chi connectivity index (χ0n) is 76.4. The largest absolute Gasteiger partial charge is 0.477 e. The third-order valence-electron chi connectivity index (χ3n) is 25.9. The van der Waals surface area contributed by atoms with Crippen molar-refractivity contribution >= 4 is 35.5 Å². The summed E-state index contributed by atoms with van der Waals surface area (Å²) in [5, 5.41) is 360. The number of carbonyl (C=O) groups excluding carboxylic acids is 5. The van der Waals surface area contributed by atoms with Crippen LogP contribution < -0.4 is 26.6 Å². The van der Waals surface area contributed by atoms with Gasteiger partial charge in [-0.25, -0.2) is 4.79 Å². The highest BCUT2D eigenvalue weighted by atomic mass is 16.8. The monoisotopic (exact) mass is 2080 g/mol. The molecule has 0 unspecified atom stereocenters. The molecule has 0 bridgehead atoms. The van der Waals surface area contributed by atoms with Crippen LogP contribution >= 0.6 is 0 Å². The number of aliphatic hydroxyl groups is 30. The van der Waals surface area contributed by atoms with Crippen molar-refractivity contribution < 1.29 is 287 Å². The van der Waals surface area contributed by atoms with Gasteiger partial charge >= 0.3 is 5.97 Å². The Hall–Kier alpha value is -5.22. The molecule has 11 fully saturated rings. The second kappa shape index (κ2) is 50.6. The summed E-state index contributed by atoms with van der Waals surface area (Å²) in [4.78, 5) is 77.1. The molecule has 820 valence electrons. The van der Waals surface area contributed by atoms with E-state index >= 15 is 0 Å². The van der Waals surface area contributed by atoms with Crippen LogP contribution in [0.5, 0.6) is 0 Å². The molecule has 11 aliphatic heterocycles. The fourth-order valence-electron chi connectivity index (χ4n) is 18.3. The van der Waals surface area contributed by atoms with Gasteiger partial charge in [-0.1, -0.05) is 0 Å². The Morgan fingerprint density at radius 1 is 0.303 bits per heavy atom. The maximum atomic E-state index is 13.3. The number of carbonyl (C=O) groups is 6. The van der Waals surface area contributed by atoms with Crippen molar-refractivity contribution in [3.63, 3.8) is 0 Å². The van der Waals surface area contributed by atoms with Crippen LogP contribution in [0.1, 0.15) is 48.0 Å². The van der Waals surface area contributed by atoms with Crippen LogP contribution in [-0.4, -0.2) is 603 Å². The van der Waals surface area contributed by atoms with Crippen molar-refractivity contribution in [3.8, 4) is 0 Å². The molecule has 142 heavy (non-hydrogen) atoms. The van der Waals surface area contributed by atoms with Crippen LogP contribution in [0.25, 0.3) is 0 Å². The van der Waals surface area contributed by atoms with Crippen molar-refractivity contribution in [3.05, 3.63) is 0 Å². The zero-order chi connectivity index (χ0) is 105. The topological polar surface area (TPSA) is 984 Å². The Labute approximate surface area is 803 Å². The Kier molecular flexibility index (Phi) is 41.7. The maximum absolute atomic E-state index is 13.3. The Bertz CT molecular complexity index is 4010. The molecule has 11 rings (SSSR count). The molecule has 0 aromatic carbocycles. The predicted molar refractivity (Wildman–Crippen MR) is 436 cm³/mol. The van der Waals surface area contributed by atoms with E-state index in [0.717, 1.165) is 34.6 Å². The lowest BCUT2D eigenvalue weighted by Crippen LogP contribution is -2.71. The van der Waals surface area contributed by atoms with E-state index in [1.165, 1.54) is 6.92 Å². The van der Waals surface area contributed by atoms with Crippen LogP contribution in [0.3, 0.4) is 0 Å². The fraction of sp³-hybridized carbons (Fsp3) is 0.924. The lowest BCUT2D eigenvalue weighted by atomic mass is 9.88. The number of rotatable bonds is 38. The van der Waals surface area contributed by atoms with Gasteiger partial charge in [-0.05, 0) is 6.92 Å². The second-order valence-corrected chi connectivity index (χ2v) is 36.0. The molecule has 0 aromatic rings. The molecule has 11 saturated heterocycles. The SMILES string of the molecule is CC(=O)N[C@@H]1[C@@H](O)[C@H](O[C@@H]2O[C@H](CO)[C@@H](O[C@@H]3O[C@H](CO[C@H]4O[C@H](CO)[C@@H](O)[C@H](O)[C@@H]4O[C@@H]4O[C@H](CO)[C@@H](O[C@@H]5O[C@H](CO[C@@H]6O[C@@H](C)[C@@H](O)[C@@H](O)[C@@H]6O)[C@H](O)[C@H](O)[C@H]5O)[C@H](O)[C@H]4NC(C)=O)[C@@H](O)[C@H](O[C@H]4O[C@H](CO)[C@@H](O)[C@H](O)[C@@H]4O[C@@H]4O[C@H](CO)[C@@H](O[C@@H]5O[C@H](CO[C@]6(C(=O)O)C[C@H](O)[C@@H](NC(C)=O)[C@H]([C@H](O)[C@H](O)CO)O6)[C@H](O)[C@H](O)[C@H]5O)[C@H](O)[C@H]4NC(C)=O)[C@@H]3O)[C@H](O)[C@H]2NC(C)=O)[C@@H](CO)O[C@H]1O. The summed E-state index contributed by atoms with van der Waals surface area (Å²) < 4.78 is 124. The van der Waals surface area contributed by atoms with Crippen LogP contribution in [0, 0.1) is 0 Å². The first-order valence-electron chi connectivity index (χ1n) is 45.1. The maximum Gasteiger partial charge on any atom is 0.364 e. The van der Waals surface area contributed by atoms with E-state index in [1.54, 1.807) is 0 Å². The van der Waals surface area contributed by atoms with Crippen LogP contribution in [-0.2, 0) is 128 Å². The third-order valence-corrected chi connectivity index (χ3v) is 25.9. The summed E-state index contributed by atoms with van der Waals surface area (Å²) in [6.45, 7) is -5.92. The van der Waals surface area contributed by atoms with Gasteiger partial charge in [0.2, 0.25) is 29.5 Å². The van der Waals surface area contributed by atoms with E-state index in [4.69, 9.17) is 99.5 Å². The van der Waals surface area contributed by atoms with Crippen LogP contribution in [0.2, 0.25) is 0 Å². The van der Waals surface area contributed by atoms with Gasteiger partial charge in [-0.2, -0.15) is 0 Å². The van der Waals surface area contributed by atoms with Gasteiger partial charge in [-0.3, -0.25) is 24.0 Å². The second-order valence-electron chi connectivity index (χ2n) is 36.0. The highest BCUT2D eigenvalue weighted by Crippen LogP contribution is 2.43. The number of amides is 5. The molecule has 0 aliphatic carbocycles. The van der Waals surface area contributed by atoms with Gasteiger partial charge in [0.15, 0.2) is 62.9 Å². The Morgan fingerprint density at radius 3 is 1.02 bits per heavy atom. The molecular formula is C79H131N5O58. The third kappa shape index (κ3) is 26.0. The number of ether oxygens (including phenoxy) is 21. The molecular weight excluding hydrogens is 1950 g/mol. The molecule has 36 N–H and O–H groups in total. The van der Waals surface area contributed by atoms with Crippen LogP contribution in [0.4, 0.5) is 0 Å².